The van der Waals surface area contributed by atoms with Crippen molar-refractivity contribution in [1.82, 2.24) is 20.1 Å². The van der Waals surface area contributed by atoms with Gasteiger partial charge in [0.25, 0.3) is 5.91 Å². The predicted octanol–water partition coefficient (Wildman–Crippen LogP) is 0.678. The molecule has 1 amide bonds. The van der Waals surface area contributed by atoms with Crippen LogP contribution in [-0.2, 0) is 13.5 Å². The van der Waals surface area contributed by atoms with Gasteiger partial charge in [-0.25, -0.2) is 0 Å². The molecule has 6 nitrogen and oxygen atoms in total. The summed E-state index contributed by atoms with van der Waals surface area (Å²) in [4.78, 5) is 12.1. The third kappa shape index (κ3) is 2.90. The third-order valence-corrected chi connectivity index (χ3v) is 2.97. The average molecular weight is 259 g/mol. The Morgan fingerprint density at radius 1 is 1.47 bits per heavy atom. The van der Waals surface area contributed by atoms with Crippen LogP contribution in [0, 0.1) is 6.92 Å². The molecule has 6 heteroatoms. The van der Waals surface area contributed by atoms with Crippen LogP contribution in [0.3, 0.4) is 0 Å². The van der Waals surface area contributed by atoms with Crippen LogP contribution in [0.4, 0.5) is 5.69 Å². The molecule has 0 saturated carbocycles. The molecule has 0 atom stereocenters. The summed E-state index contributed by atoms with van der Waals surface area (Å²) in [5.41, 5.74) is 7.74. The topological polar surface area (TPSA) is 85.8 Å². The molecule has 1 heterocycles. The van der Waals surface area contributed by atoms with Gasteiger partial charge in [0, 0.05) is 25.7 Å². The molecule has 0 bridgehead atoms. The zero-order chi connectivity index (χ0) is 13.8. The van der Waals surface area contributed by atoms with Crippen LogP contribution in [0.15, 0.2) is 24.5 Å². The van der Waals surface area contributed by atoms with Gasteiger partial charge in [-0.15, -0.1) is 10.2 Å². The third-order valence-electron chi connectivity index (χ3n) is 2.97. The van der Waals surface area contributed by atoms with Gasteiger partial charge in [0.2, 0.25) is 0 Å². The summed E-state index contributed by atoms with van der Waals surface area (Å²) in [6.45, 7) is 2.37. The zero-order valence-corrected chi connectivity index (χ0v) is 11.1. The summed E-state index contributed by atoms with van der Waals surface area (Å²) in [5, 5.41) is 10.6. The van der Waals surface area contributed by atoms with Crippen molar-refractivity contribution in [3.8, 4) is 0 Å². The Bertz CT molecular complexity index is 570. The van der Waals surface area contributed by atoms with Crippen molar-refractivity contribution in [3.05, 3.63) is 41.5 Å². The van der Waals surface area contributed by atoms with Gasteiger partial charge in [-0.3, -0.25) is 4.79 Å². The van der Waals surface area contributed by atoms with Crippen LogP contribution in [0.1, 0.15) is 21.7 Å². The van der Waals surface area contributed by atoms with Crippen LogP contribution in [-0.4, -0.2) is 27.2 Å². The van der Waals surface area contributed by atoms with E-state index in [0.29, 0.717) is 24.2 Å². The Morgan fingerprint density at radius 2 is 2.26 bits per heavy atom. The highest BCUT2D eigenvalue weighted by molar-refractivity contribution is 6.00. The Kier molecular flexibility index (Phi) is 3.79. The number of rotatable bonds is 4. The van der Waals surface area contributed by atoms with Crippen molar-refractivity contribution in [1.29, 1.82) is 0 Å². The van der Waals surface area contributed by atoms with Gasteiger partial charge in [-0.05, 0) is 18.6 Å². The van der Waals surface area contributed by atoms with Crippen LogP contribution in [0.2, 0.25) is 0 Å². The number of benzene rings is 1. The highest BCUT2D eigenvalue weighted by Gasteiger charge is 2.12. The number of hydrogen-bond donors (Lipinski definition) is 2. The van der Waals surface area contributed by atoms with E-state index in [4.69, 9.17) is 5.73 Å². The normalized spacial score (nSPS) is 10.4. The minimum absolute atomic E-state index is 0.155. The maximum atomic E-state index is 12.1. The fourth-order valence-corrected chi connectivity index (χ4v) is 1.91. The average Bonchev–Trinajstić information content (AvgIpc) is 2.75. The van der Waals surface area contributed by atoms with Crippen molar-refractivity contribution < 1.29 is 4.79 Å². The van der Waals surface area contributed by atoms with Gasteiger partial charge in [-0.2, -0.15) is 0 Å². The number of aromatic nitrogens is 3. The first-order valence-corrected chi connectivity index (χ1v) is 6.05. The van der Waals surface area contributed by atoms with Gasteiger partial charge in [-0.1, -0.05) is 12.1 Å². The SMILES string of the molecule is Cc1cccc(N)c1C(=O)NCCc1nncn1C. The molecular formula is C13H17N5O. The molecule has 0 spiro atoms. The molecule has 0 saturated heterocycles. The quantitative estimate of drug-likeness (QED) is 0.790. The number of nitrogens with two attached hydrogens (primary N) is 1. The summed E-state index contributed by atoms with van der Waals surface area (Å²) in [7, 11) is 1.87. The molecule has 2 aromatic rings. The van der Waals surface area contributed by atoms with Gasteiger partial charge in [0.05, 0.1) is 5.56 Å². The fraction of sp³-hybridized carbons (Fsp3) is 0.308. The Hall–Kier alpha value is -2.37. The number of nitrogen functional groups attached to an aromatic ring is 1. The van der Waals surface area contributed by atoms with Crippen molar-refractivity contribution >= 4 is 11.6 Å². The van der Waals surface area contributed by atoms with Crippen molar-refractivity contribution in [3.63, 3.8) is 0 Å². The fourth-order valence-electron chi connectivity index (χ4n) is 1.91. The second-order valence-electron chi connectivity index (χ2n) is 4.40. The van der Waals surface area contributed by atoms with Crippen molar-refractivity contribution in [2.75, 3.05) is 12.3 Å². The number of anilines is 1. The molecular weight excluding hydrogens is 242 g/mol. The summed E-state index contributed by atoms with van der Waals surface area (Å²) in [5.74, 6) is 0.677. The van der Waals surface area contributed by atoms with Gasteiger partial charge in [0.15, 0.2) is 0 Å². The van der Waals surface area contributed by atoms with E-state index >= 15 is 0 Å². The number of aryl methyl sites for hydroxylation is 2. The summed E-state index contributed by atoms with van der Waals surface area (Å²) in [6, 6.07) is 5.43. The highest BCUT2D eigenvalue weighted by atomic mass is 16.1. The zero-order valence-electron chi connectivity index (χ0n) is 11.1. The molecule has 0 unspecified atom stereocenters. The standard InChI is InChI=1S/C13H17N5O/c1-9-4-3-5-10(14)12(9)13(19)15-7-6-11-17-16-8-18(11)2/h3-5,8H,6-7,14H2,1-2H3,(H,15,19). The number of hydrogen-bond acceptors (Lipinski definition) is 4. The number of carbonyl (C=O) groups excluding carboxylic acids is 1. The second-order valence-corrected chi connectivity index (χ2v) is 4.40. The van der Waals surface area contributed by atoms with Crippen LogP contribution in [0.5, 0.6) is 0 Å². The van der Waals surface area contributed by atoms with Crippen LogP contribution < -0.4 is 11.1 Å². The van der Waals surface area contributed by atoms with E-state index in [9.17, 15) is 4.79 Å². The molecule has 3 N–H and O–H groups in total. The molecule has 1 aromatic heterocycles. The predicted molar refractivity (Wildman–Crippen MR) is 72.6 cm³/mol. The first-order valence-electron chi connectivity index (χ1n) is 6.05. The molecule has 0 aliphatic rings. The van der Waals surface area contributed by atoms with E-state index in [2.05, 4.69) is 15.5 Å². The molecule has 19 heavy (non-hydrogen) atoms. The second kappa shape index (κ2) is 5.51. The largest absolute Gasteiger partial charge is 0.398 e. The molecule has 0 aliphatic carbocycles. The lowest BCUT2D eigenvalue weighted by molar-refractivity contribution is 0.0954. The van der Waals surface area contributed by atoms with Crippen molar-refractivity contribution in [2.45, 2.75) is 13.3 Å². The summed E-state index contributed by atoms with van der Waals surface area (Å²) in [6.07, 6.45) is 2.27. The van der Waals surface area contributed by atoms with Crippen LogP contribution >= 0.6 is 0 Å². The first-order chi connectivity index (χ1) is 9.09. The number of nitrogens with one attached hydrogen (secondary N) is 1. The number of amides is 1. The number of nitrogens with zero attached hydrogens (tertiary/aromatic N) is 3. The smallest absolute Gasteiger partial charge is 0.253 e. The monoisotopic (exact) mass is 259 g/mol. The van der Waals surface area contributed by atoms with E-state index in [1.165, 1.54) is 0 Å². The van der Waals surface area contributed by atoms with Gasteiger partial charge in [0.1, 0.15) is 12.2 Å². The van der Waals surface area contributed by atoms with Gasteiger partial charge >= 0.3 is 0 Å². The number of carbonyl (C=O) groups is 1. The maximum Gasteiger partial charge on any atom is 0.253 e. The minimum Gasteiger partial charge on any atom is -0.398 e. The molecule has 2 rings (SSSR count). The first kappa shape index (κ1) is 13.1. The van der Waals surface area contributed by atoms with E-state index < -0.39 is 0 Å². The minimum atomic E-state index is -0.155. The lowest BCUT2D eigenvalue weighted by atomic mass is 10.1. The lowest BCUT2D eigenvalue weighted by Crippen LogP contribution is -2.27. The molecule has 0 aliphatic heterocycles. The van der Waals surface area contributed by atoms with E-state index in [0.717, 1.165) is 11.4 Å². The van der Waals surface area contributed by atoms with Crippen molar-refractivity contribution in [2.24, 2.45) is 7.05 Å². The summed E-state index contributed by atoms with van der Waals surface area (Å²) < 4.78 is 1.83. The highest BCUT2D eigenvalue weighted by Crippen LogP contribution is 2.15. The van der Waals surface area contributed by atoms with E-state index in [1.54, 1.807) is 12.4 Å². The van der Waals surface area contributed by atoms with Crippen LogP contribution in [0.25, 0.3) is 0 Å². The summed E-state index contributed by atoms with van der Waals surface area (Å²) >= 11 is 0. The van der Waals surface area contributed by atoms with E-state index in [-0.39, 0.29) is 5.91 Å². The Morgan fingerprint density at radius 3 is 2.89 bits per heavy atom. The molecule has 1 aromatic carbocycles. The molecule has 100 valence electrons. The maximum absolute atomic E-state index is 12.1. The van der Waals surface area contributed by atoms with E-state index in [1.807, 2.05) is 30.7 Å². The Balaban J connectivity index is 1.97. The molecule has 0 radical (unpaired) electrons. The van der Waals surface area contributed by atoms with Gasteiger partial charge < -0.3 is 15.6 Å². The Labute approximate surface area is 111 Å². The molecule has 0 fully saturated rings. The lowest BCUT2D eigenvalue weighted by Gasteiger charge is -2.09.